The monoisotopic (exact) mass is 502 g/mol. The zero-order valence-electron chi connectivity index (χ0n) is 14.7. The lowest BCUT2D eigenvalue weighted by atomic mass is 10.0. The van der Waals surface area contributed by atoms with E-state index in [1.165, 1.54) is 103 Å². The van der Waals surface area contributed by atoms with Crippen LogP contribution in [0.15, 0.2) is 0 Å². The summed E-state index contributed by atoms with van der Waals surface area (Å²) in [5.74, 6) is 0. The van der Waals surface area contributed by atoms with Crippen LogP contribution in [0.1, 0.15) is 116 Å². The van der Waals surface area contributed by atoms with Crippen LogP contribution in [0.4, 0.5) is 0 Å². The molecule has 0 bridgehead atoms. The van der Waals surface area contributed by atoms with Crippen molar-refractivity contribution in [3.05, 3.63) is 0 Å². The Labute approximate surface area is 165 Å². The van der Waals surface area contributed by atoms with Crippen molar-refractivity contribution in [1.82, 2.24) is 0 Å². The number of rotatable bonds is 16. The topological polar surface area (TPSA) is 0 Å². The summed E-state index contributed by atoms with van der Waals surface area (Å²) in [6.07, 6.45) is 24.1. The summed E-state index contributed by atoms with van der Waals surface area (Å²) in [6.45, 7) is 2.29. The highest BCUT2D eigenvalue weighted by Gasteiger charge is 2.15. The fourth-order valence-corrected chi connectivity index (χ4v) is 3.71. The van der Waals surface area contributed by atoms with Crippen LogP contribution < -0.4 is 0 Å². The molecule has 0 aromatic heterocycles. The van der Waals surface area contributed by atoms with Crippen molar-refractivity contribution >= 4 is 47.8 Å². The molecule has 0 aromatic carbocycles. The predicted octanol–water partition coefficient (Wildman–Crippen LogP) is 9.48. The van der Waals surface area contributed by atoms with E-state index < -0.39 is 0 Å². The largest absolute Gasteiger partial charge is 0.135 e. The molecule has 0 nitrogen and oxygen atoms in total. The van der Waals surface area contributed by atoms with Gasteiger partial charge in [0.2, 0.25) is 0 Å². The molecule has 0 N–H and O–H groups in total. The van der Waals surface area contributed by atoms with Crippen molar-refractivity contribution in [2.75, 3.05) is 0 Å². The number of alkyl halides is 3. The average Bonchev–Trinajstić information content (AvgIpc) is 2.45. The van der Waals surface area contributed by atoms with Crippen LogP contribution in [0.5, 0.6) is 0 Å². The molecule has 0 aromatic rings. The lowest BCUT2D eigenvalue weighted by molar-refractivity contribution is 0.528. The Morgan fingerprint density at radius 3 is 1.00 bits per heavy atom. The maximum Gasteiger partial charge on any atom is 0.135 e. The molecule has 0 spiro atoms. The van der Waals surface area contributed by atoms with Gasteiger partial charge in [0.25, 0.3) is 0 Å². The van der Waals surface area contributed by atoms with Gasteiger partial charge in [-0.3, -0.25) is 0 Å². The van der Waals surface area contributed by atoms with Crippen LogP contribution in [0.25, 0.3) is 0 Å². The Balaban J connectivity index is 3.00. The molecule has 0 atom stereocenters. The summed E-state index contributed by atoms with van der Waals surface area (Å²) in [7, 11) is 0. The summed E-state index contributed by atoms with van der Waals surface area (Å²) in [5, 5.41) is 0. The molecule has 0 aliphatic carbocycles. The van der Waals surface area contributed by atoms with Crippen LogP contribution in [-0.2, 0) is 0 Å². The molecular formula is C19H37Br3. The predicted molar refractivity (Wildman–Crippen MR) is 114 cm³/mol. The van der Waals surface area contributed by atoms with Crippen LogP contribution in [-0.4, -0.2) is 2.14 Å². The first-order chi connectivity index (χ1) is 10.6. The van der Waals surface area contributed by atoms with Crippen LogP contribution >= 0.6 is 47.8 Å². The Morgan fingerprint density at radius 2 is 0.727 bits per heavy atom. The normalized spacial score (nSPS) is 12.0. The van der Waals surface area contributed by atoms with Crippen LogP contribution in [0, 0.1) is 0 Å². The Hall–Kier alpha value is 1.44. The molecule has 0 unspecified atom stereocenters. The van der Waals surface area contributed by atoms with Gasteiger partial charge in [-0.25, -0.2) is 0 Å². The number of halogens is 3. The summed E-state index contributed by atoms with van der Waals surface area (Å²) in [4.78, 5) is 0. The summed E-state index contributed by atoms with van der Waals surface area (Å²) in [5.41, 5.74) is 0. The van der Waals surface area contributed by atoms with Gasteiger partial charge in [-0.2, -0.15) is 0 Å². The van der Waals surface area contributed by atoms with E-state index in [4.69, 9.17) is 0 Å². The second kappa shape index (κ2) is 17.3. The molecule has 0 fully saturated rings. The first-order valence-corrected chi connectivity index (χ1v) is 12.0. The third kappa shape index (κ3) is 21.4. The van der Waals surface area contributed by atoms with E-state index in [9.17, 15) is 0 Å². The highest BCUT2D eigenvalue weighted by molar-refractivity contribution is 9.39. The molecule has 134 valence electrons. The van der Waals surface area contributed by atoms with E-state index in [-0.39, 0.29) is 2.14 Å². The molecule has 0 saturated heterocycles. The third-order valence-electron chi connectivity index (χ3n) is 4.31. The first-order valence-electron chi connectivity index (χ1n) is 9.63. The van der Waals surface area contributed by atoms with Gasteiger partial charge in [0.15, 0.2) is 0 Å². The highest BCUT2D eigenvalue weighted by atomic mass is 80.0. The zero-order valence-corrected chi connectivity index (χ0v) is 19.4. The second-order valence-corrected chi connectivity index (χ2v) is 13.9. The van der Waals surface area contributed by atoms with Gasteiger partial charge in [-0.05, 0) is 6.42 Å². The molecule has 22 heavy (non-hydrogen) atoms. The zero-order chi connectivity index (χ0) is 16.5. The summed E-state index contributed by atoms with van der Waals surface area (Å²) in [6, 6.07) is 0. The minimum atomic E-state index is -0.0248. The van der Waals surface area contributed by atoms with Gasteiger partial charge >= 0.3 is 0 Å². The fraction of sp³-hybridized carbons (Fsp3) is 1.00. The first kappa shape index (κ1) is 23.4. The van der Waals surface area contributed by atoms with E-state index in [0.29, 0.717) is 0 Å². The van der Waals surface area contributed by atoms with Crippen molar-refractivity contribution < 1.29 is 0 Å². The summed E-state index contributed by atoms with van der Waals surface area (Å²) >= 11 is 10.7. The van der Waals surface area contributed by atoms with Gasteiger partial charge in [0.05, 0.1) is 0 Å². The van der Waals surface area contributed by atoms with E-state index in [1.54, 1.807) is 0 Å². The van der Waals surface area contributed by atoms with Gasteiger partial charge in [-0.1, -0.05) is 157 Å². The quantitative estimate of drug-likeness (QED) is 0.145. The Morgan fingerprint density at radius 1 is 0.455 bits per heavy atom. The van der Waals surface area contributed by atoms with Crippen molar-refractivity contribution in [2.45, 2.75) is 118 Å². The van der Waals surface area contributed by atoms with Crippen molar-refractivity contribution in [3.8, 4) is 0 Å². The van der Waals surface area contributed by atoms with Gasteiger partial charge in [0, 0.05) is 0 Å². The summed E-state index contributed by atoms with van der Waals surface area (Å²) < 4.78 is -0.0248. The lowest BCUT2D eigenvalue weighted by Gasteiger charge is -2.10. The standard InChI is InChI=1S/C19H37Br3/c1-2-3-4-5-6-7-8-9-10-11-12-13-14-15-16-17-18-19(20,21)22/h2-18H2,1H3. The van der Waals surface area contributed by atoms with Gasteiger partial charge < -0.3 is 0 Å². The Kier molecular flexibility index (Phi) is 18.4. The minimum Gasteiger partial charge on any atom is -0.0654 e. The number of unbranched alkanes of at least 4 members (excludes halogenated alkanes) is 15. The molecule has 0 heterocycles. The maximum atomic E-state index is 3.56. The molecular weight excluding hydrogens is 468 g/mol. The van der Waals surface area contributed by atoms with Crippen molar-refractivity contribution in [1.29, 1.82) is 0 Å². The van der Waals surface area contributed by atoms with Crippen LogP contribution in [0.3, 0.4) is 0 Å². The maximum absolute atomic E-state index is 3.56. The van der Waals surface area contributed by atoms with E-state index in [0.717, 1.165) is 6.42 Å². The molecule has 0 amide bonds. The SMILES string of the molecule is CCCCCCCCCCCCCCCCCCC(Br)(Br)Br. The molecule has 0 saturated carbocycles. The van der Waals surface area contributed by atoms with E-state index >= 15 is 0 Å². The minimum absolute atomic E-state index is 0.0248. The molecule has 0 aliphatic heterocycles. The average molecular weight is 505 g/mol. The fourth-order valence-electron chi connectivity index (χ4n) is 2.87. The third-order valence-corrected chi connectivity index (χ3v) is 5.50. The van der Waals surface area contributed by atoms with E-state index in [2.05, 4.69) is 54.7 Å². The van der Waals surface area contributed by atoms with Crippen LogP contribution in [0.2, 0.25) is 0 Å². The number of hydrogen-bond acceptors (Lipinski definition) is 0. The lowest BCUT2D eigenvalue weighted by Crippen LogP contribution is -1.98. The Bertz CT molecular complexity index is 211. The van der Waals surface area contributed by atoms with Crippen molar-refractivity contribution in [2.24, 2.45) is 0 Å². The molecule has 0 rings (SSSR count). The molecule has 0 aliphatic rings. The highest BCUT2D eigenvalue weighted by Crippen LogP contribution is 2.38. The van der Waals surface area contributed by atoms with Gasteiger partial charge in [-0.15, -0.1) is 0 Å². The molecule has 0 radical (unpaired) electrons. The second-order valence-electron chi connectivity index (χ2n) is 6.67. The van der Waals surface area contributed by atoms with Gasteiger partial charge in [0.1, 0.15) is 2.14 Å². The number of hydrogen-bond donors (Lipinski definition) is 0. The van der Waals surface area contributed by atoms with E-state index in [1.807, 2.05) is 0 Å². The van der Waals surface area contributed by atoms with Crippen molar-refractivity contribution in [3.63, 3.8) is 0 Å². The smallest absolute Gasteiger partial charge is 0.0654 e. The molecule has 3 heteroatoms.